The number of carbonyl (C=O) groups excluding carboxylic acids is 1. The lowest BCUT2D eigenvalue weighted by Gasteiger charge is -2.33. The van der Waals surface area contributed by atoms with Crippen LogP contribution in [-0.4, -0.2) is 55.5 Å². The highest BCUT2D eigenvalue weighted by atomic mass is 16.5. The minimum absolute atomic E-state index is 0.107. The predicted molar refractivity (Wildman–Crippen MR) is 73.1 cm³/mol. The molecule has 1 aromatic rings. The van der Waals surface area contributed by atoms with Gasteiger partial charge in [0, 0.05) is 13.1 Å². The minimum atomic E-state index is -0.143. The number of aliphatic hydroxyl groups is 1. The summed E-state index contributed by atoms with van der Waals surface area (Å²) in [6, 6.07) is 7.02. The van der Waals surface area contributed by atoms with E-state index < -0.39 is 0 Å². The first-order valence-electron chi connectivity index (χ1n) is 6.33. The molecule has 1 aliphatic heterocycles. The van der Waals surface area contributed by atoms with Crippen molar-refractivity contribution in [2.24, 2.45) is 0 Å². The molecule has 0 aliphatic carbocycles. The van der Waals surface area contributed by atoms with Gasteiger partial charge in [-0.2, -0.15) is 0 Å². The standard InChI is InChI=1S/C13H19N3O3/c14-11-3-1-2-4-12(11)16(5-8-17)13(18)15-6-9-19-10-7-15/h1-4,17H,5-10,14H2. The maximum Gasteiger partial charge on any atom is 0.324 e. The molecule has 0 unspecified atom stereocenters. The summed E-state index contributed by atoms with van der Waals surface area (Å²) in [5.74, 6) is 0. The molecule has 0 radical (unpaired) electrons. The van der Waals surface area contributed by atoms with E-state index in [0.717, 1.165) is 0 Å². The Morgan fingerprint density at radius 2 is 2.05 bits per heavy atom. The molecule has 0 atom stereocenters. The second-order valence-electron chi connectivity index (χ2n) is 4.32. The second-order valence-corrected chi connectivity index (χ2v) is 4.32. The SMILES string of the molecule is Nc1ccccc1N(CCO)C(=O)N1CCOCC1. The summed E-state index contributed by atoms with van der Waals surface area (Å²) < 4.78 is 5.23. The van der Waals surface area contributed by atoms with Gasteiger partial charge in [0.1, 0.15) is 0 Å². The van der Waals surface area contributed by atoms with Gasteiger partial charge in [-0.25, -0.2) is 4.79 Å². The van der Waals surface area contributed by atoms with E-state index in [-0.39, 0.29) is 19.2 Å². The molecule has 6 nitrogen and oxygen atoms in total. The molecular formula is C13H19N3O3. The number of aliphatic hydroxyl groups excluding tert-OH is 1. The lowest BCUT2D eigenvalue weighted by Crippen LogP contribution is -2.49. The molecular weight excluding hydrogens is 246 g/mol. The van der Waals surface area contributed by atoms with Crippen LogP contribution in [0.4, 0.5) is 16.2 Å². The van der Waals surface area contributed by atoms with Crippen LogP contribution < -0.4 is 10.6 Å². The third-order valence-electron chi connectivity index (χ3n) is 3.06. The Balaban J connectivity index is 2.19. The Morgan fingerprint density at radius 3 is 2.68 bits per heavy atom. The predicted octanol–water partition coefficient (Wildman–Crippen LogP) is 0.520. The molecule has 0 saturated carbocycles. The topological polar surface area (TPSA) is 79.0 Å². The number of urea groups is 1. The van der Waals surface area contributed by atoms with Crippen molar-refractivity contribution in [1.82, 2.24) is 4.90 Å². The van der Waals surface area contributed by atoms with E-state index in [1.54, 1.807) is 17.0 Å². The van der Waals surface area contributed by atoms with Crippen LogP contribution >= 0.6 is 0 Å². The maximum atomic E-state index is 12.5. The first-order chi connectivity index (χ1) is 9.24. The van der Waals surface area contributed by atoms with Gasteiger partial charge < -0.3 is 20.5 Å². The zero-order valence-electron chi connectivity index (χ0n) is 10.8. The third kappa shape index (κ3) is 3.15. The van der Waals surface area contributed by atoms with Crippen molar-refractivity contribution < 1.29 is 14.6 Å². The van der Waals surface area contributed by atoms with E-state index in [1.807, 2.05) is 12.1 Å². The third-order valence-corrected chi connectivity index (χ3v) is 3.06. The van der Waals surface area contributed by atoms with Gasteiger partial charge in [0.2, 0.25) is 0 Å². The highest BCUT2D eigenvalue weighted by molar-refractivity contribution is 5.95. The molecule has 104 valence electrons. The molecule has 1 fully saturated rings. The Labute approximate surface area is 112 Å². The molecule has 0 spiro atoms. The molecule has 2 amide bonds. The van der Waals surface area contributed by atoms with Gasteiger partial charge in [0.25, 0.3) is 0 Å². The van der Waals surface area contributed by atoms with Gasteiger partial charge in [-0.15, -0.1) is 0 Å². The summed E-state index contributed by atoms with van der Waals surface area (Å²) in [5, 5.41) is 9.16. The van der Waals surface area contributed by atoms with Crippen molar-refractivity contribution in [3.05, 3.63) is 24.3 Å². The van der Waals surface area contributed by atoms with Crippen molar-refractivity contribution in [1.29, 1.82) is 0 Å². The fraction of sp³-hybridized carbons (Fsp3) is 0.462. The van der Waals surface area contributed by atoms with E-state index in [4.69, 9.17) is 15.6 Å². The lowest BCUT2D eigenvalue weighted by molar-refractivity contribution is 0.0547. The Bertz CT molecular complexity index is 433. The fourth-order valence-corrected chi connectivity index (χ4v) is 2.08. The summed E-state index contributed by atoms with van der Waals surface area (Å²) in [7, 11) is 0. The quantitative estimate of drug-likeness (QED) is 0.781. The van der Waals surface area contributed by atoms with E-state index in [9.17, 15) is 4.79 Å². The van der Waals surface area contributed by atoms with E-state index in [1.165, 1.54) is 4.90 Å². The van der Waals surface area contributed by atoms with Crippen LogP contribution in [0.25, 0.3) is 0 Å². The van der Waals surface area contributed by atoms with E-state index in [2.05, 4.69) is 0 Å². The van der Waals surface area contributed by atoms with Gasteiger partial charge in [0.05, 0.1) is 37.7 Å². The highest BCUT2D eigenvalue weighted by Crippen LogP contribution is 2.23. The van der Waals surface area contributed by atoms with E-state index in [0.29, 0.717) is 37.7 Å². The summed E-state index contributed by atoms with van der Waals surface area (Å²) in [5.41, 5.74) is 7.06. The summed E-state index contributed by atoms with van der Waals surface area (Å²) >= 11 is 0. The highest BCUT2D eigenvalue weighted by Gasteiger charge is 2.24. The molecule has 1 heterocycles. The van der Waals surface area contributed by atoms with Crippen molar-refractivity contribution in [2.75, 3.05) is 50.1 Å². The largest absolute Gasteiger partial charge is 0.397 e. The average molecular weight is 265 g/mol. The van der Waals surface area contributed by atoms with Crippen molar-refractivity contribution >= 4 is 17.4 Å². The Morgan fingerprint density at radius 1 is 1.37 bits per heavy atom. The first kappa shape index (κ1) is 13.6. The van der Waals surface area contributed by atoms with Gasteiger partial charge in [-0.3, -0.25) is 4.90 Å². The first-order valence-corrected chi connectivity index (χ1v) is 6.33. The van der Waals surface area contributed by atoms with Crippen LogP contribution in [0.3, 0.4) is 0 Å². The molecule has 1 aliphatic rings. The van der Waals surface area contributed by atoms with Crippen LogP contribution in [0, 0.1) is 0 Å². The molecule has 3 N–H and O–H groups in total. The number of para-hydroxylation sites is 2. The molecule has 0 bridgehead atoms. The summed E-state index contributed by atoms with van der Waals surface area (Å²) in [6.45, 7) is 2.34. The monoisotopic (exact) mass is 265 g/mol. The van der Waals surface area contributed by atoms with Crippen LogP contribution in [0.15, 0.2) is 24.3 Å². The number of amides is 2. The van der Waals surface area contributed by atoms with Gasteiger partial charge >= 0.3 is 6.03 Å². The molecule has 6 heteroatoms. The second kappa shape index (κ2) is 6.40. The number of anilines is 2. The lowest BCUT2D eigenvalue weighted by atomic mass is 10.2. The Kier molecular flexibility index (Phi) is 4.59. The number of ether oxygens (including phenoxy) is 1. The average Bonchev–Trinajstić information content (AvgIpc) is 2.46. The molecule has 1 saturated heterocycles. The van der Waals surface area contributed by atoms with Crippen LogP contribution in [-0.2, 0) is 4.74 Å². The Hall–Kier alpha value is -1.79. The normalized spacial score (nSPS) is 15.3. The van der Waals surface area contributed by atoms with Crippen molar-refractivity contribution in [3.63, 3.8) is 0 Å². The number of nitrogens with two attached hydrogens (primary N) is 1. The van der Waals surface area contributed by atoms with Gasteiger partial charge in [0.15, 0.2) is 0 Å². The fourth-order valence-electron chi connectivity index (χ4n) is 2.08. The number of morpholine rings is 1. The van der Waals surface area contributed by atoms with Crippen LogP contribution in [0.5, 0.6) is 0 Å². The van der Waals surface area contributed by atoms with Crippen molar-refractivity contribution in [2.45, 2.75) is 0 Å². The number of rotatable bonds is 3. The zero-order valence-corrected chi connectivity index (χ0v) is 10.8. The molecule has 2 rings (SSSR count). The summed E-state index contributed by atoms with van der Waals surface area (Å²) in [6.07, 6.45) is 0. The van der Waals surface area contributed by atoms with Crippen LogP contribution in [0.2, 0.25) is 0 Å². The molecule has 0 aromatic heterocycles. The maximum absolute atomic E-state index is 12.5. The smallest absolute Gasteiger partial charge is 0.324 e. The number of carbonyl (C=O) groups is 1. The summed E-state index contributed by atoms with van der Waals surface area (Å²) in [4.78, 5) is 15.7. The van der Waals surface area contributed by atoms with Gasteiger partial charge in [-0.05, 0) is 12.1 Å². The number of hydrogen-bond acceptors (Lipinski definition) is 4. The van der Waals surface area contributed by atoms with Gasteiger partial charge in [-0.1, -0.05) is 12.1 Å². The van der Waals surface area contributed by atoms with Crippen LogP contribution in [0.1, 0.15) is 0 Å². The molecule has 19 heavy (non-hydrogen) atoms. The number of benzene rings is 1. The minimum Gasteiger partial charge on any atom is -0.397 e. The molecule has 1 aromatic carbocycles. The number of nitrogens with zero attached hydrogens (tertiary/aromatic N) is 2. The number of nitrogen functional groups attached to an aromatic ring is 1. The zero-order chi connectivity index (χ0) is 13.7. The van der Waals surface area contributed by atoms with E-state index >= 15 is 0 Å². The van der Waals surface area contributed by atoms with Crippen molar-refractivity contribution in [3.8, 4) is 0 Å². The number of hydrogen-bond donors (Lipinski definition) is 2.